The number of nitrogens with one attached hydrogen (secondary N) is 1. The quantitative estimate of drug-likeness (QED) is 0.903. The fourth-order valence-corrected chi connectivity index (χ4v) is 2.87. The Labute approximate surface area is 127 Å². The fraction of sp³-hybridized carbons (Fsp3) is 0.312. The number of hydrogen-bond donors (Lipinski definition) is 2. The Morgan fingerprint density at radius 3 is 3.00 bits per heavy atom. The minimum absolute atomic E-state index is 0.124. The molecule has 0 spiro atoms. The van der Waals surface area contributed by atoms with E-state index in [2.05, 4.69) is 10.3 Å². The number of carbonyl (C=O) groups excluding carboxylic acids is 1. The molecule has 1 aliphatic carbocycles. The zero-order chi connectivity index (χ0) is 15.5. The molecule has 0 saturated heterocycles. The Morgan fingerprint density at radius 1 is 1.41 bits per heavy atom. The molecule has 0 bridgehead atoms. The van der Waals surface area contributed by atoms with Gasteiger partial charge in [0, 0.05) is 12.5 Å². The lowest BCUT2D eigenvalue weighted by atomic mass is 9.82. The van der Waals surface area contributed by atoms with Crippen LogP contribution >= 0.6 is 0 Å². The molecule has 1 atom stereocenters. The van der Waals surface area contributed by atoms with Gasteiger partial charge in [-0.2, -0.15) is 0 Å². The molecule has 114 valence electrons. The Balaban J connectivity index is 1.75. The third kappa shape index (κ3) is 2.86. The summed E-state index contributed by atoms with van der Waals surface area (Å²) in [5.74, 6) is -1.09. The van der Waals surface area contributed by atoms with E-state index in [0.717, 1.165) is 30.4 Å². The van der Waals surface area contributed by atoms with Gasteiger partial charge in [-0.25, -0.2) is 9.78 Å². The van der Waals surface area contributed by atoms with Crippen molar-refractivity contribution in [2.75, 3.05) is 6.54 Å². The number of oxazole rings is 1. The second-order valence-corrected chi connectivity index (χ2v) is 5.39. The number of rotatable bonds is 4. The summed E-state index contributed by atoms with van der Waals surface area (Å²) in [6.07, 6.45) is 5.42. The van der Waals surface area contributed by atoms with Crippen molar-refractivity contribution in [1.82, 2.24) is 10.3 Å². The number of hydrogen-bond acceptors (Lipinski definition) is 4. The highest BCUT2D eigenvalue weighted by Crippen LogP contribution is 2.32. The van der Waals surface area contributed by atoms with Crippen LogP contribution in [0.2, 0.25) is 0 Å². The Morgan fingerprint density at radius 2 is 2.27 bits per heavy atom. The Bertz CT molecular complexity index is 694. The van der Waals surface area contributed by atoms with Crippen molar-refractivity contribution >= 4 is 11.9 Å². The largest absolute Gasteiger partial charge is 0.478 e. The van der Waals surface area contributed by atoms with Gasteiger partial charge >= 0.3 is 5.97 Å². The van der Waals surface area contributed by atoms with E-state index < -0.39 is 5.97 Å². The average molecular weight is 300 g/mol. The third-order valence-corrected chi connectivity index (χ3v) is 4.01. The second-order valence-electron chi connectivity index (χ2n) is 5.39. The number of fused-ring (bicyclic) bond motifs is 1. The molecule has 1 unspecified atom stereocenters. The molecule has 0 radical (unpaired) electrons. The molecule has 2 aromatic rings. The van der Waals surface area contributed by atoms with Crippen molar-refractivity contribution in [3.8, 4) is 0 Å². The smallest absolute Gasteiger partial charge is 0.335 e. The van der Waals surface area contributed by atoms with Crippen LogP contribution in [0.1, 0.15) is 50.7 Å². The summed E-state index contributed by atoms with van der Waals surface area (Å²) < 4.78 is 4.79. The second kappa shape index (κ2) is 6.01. The lowest BCUT2D eigenvalue weighted by Crippen LogP contribution is -2.30. The first-order valence-electron chi connectivity index (χ1n) is 7.17. The van der Waals surface area contributed by atoms with Crippen LogP contribution in [0.3, 0.4) is 0 Å². The number of aromatic nitrogens is 1. The van der Waals surface area contributed by atoms with Crippen molar-refractivity contribution in [3.63, 3.8) is 0 Å². The number of amides is 1. The zero-order valence-electron chi connectivity index (χ0n) is 11.9. The molecular formula is C16H16N2O4. The van der Waals surface area contributed by atoms with Crippen LogP contribution in [0, 0.1) is 0 Å². The number of carbonyl (C=O) groups is 2. The molecule has 1 heterocycles. The number of nitrogens with zero attached hydrogens (tertiary/aromatic N) is 1. The van der Waals surface area contributed by atoms with Gasteiger partial charge in [0.25, 0.3) is 5.91 Å². The lowest BCUT2D eigenvalue weighted by Gasteiger charge is -2.26. The predicted octanol–water partition coefficient (Wildman–Crippen LogP) is 2.22. The summed E-state index contributed by atoms with van der Waals surface area (Å²) >= 11 is 0. The highest BCUT2D eigenvalue weighted by atomic mass is 16.4. The van der Waals surface area contributed by atoms with E-state index in [0.29, 0.717) is 6.54 Å². The van der Waals surface area contributed by atoms with Crippen LogP contribution in [-0.4, -0.2) is 28.5 Å². The predicted molar refractivity (Wildman–Crippen MR) is 77.9 cm³/mol. The van der Waals surface area contributed by atoms with E-state index in [4.69, 9.17) is 9.52 Å². The number of carboxylic acid groups (broad SMARTS) is 1. The molecule has 1 aliphatic rings. The topological polar surface area (TPSA) is 92.4 Å². The number of carboxylic acids is 1. The van der Waals surface area contributed by atoms with Gasteiger partial charge in [0.2, 0.25) is 0 Å². The van der Waals surface area contributed by atoms with Gasteiger partial charge in [-0.3, -0.25) is 4.79 Å². The molecule has 2 N–H and O–H groups in total. The molecule has 1 amide bonds. The molecule has 1 aromatic heterocycles. The van der Waals surface area contributed by atoms with E-state index >= 15 is 0 Å². The van der Waals surface area contributed by atoms with Gasteiger partial charge in [-0.05, 0) is 42.5 Å². The molecule has 0 saturated carbocycles. The normalized spacial score (nSPS) is 16.8. The summed E-state index contributed by atoms with van der Waals surface area (Å²) in [7, 11) is 0. The lowest BCUT2D eigenvalue weighted by molar-refractivity contribution is 0.0696. The summed E-state index contributed by atoms with van der Waals surface area (Å²) in [6, 6.07) is 5.24. The van der Waals surface area contributed by atoms with Crippen LogP contribution in [0.5, 0.6) is 0 Å². The van der Waals surface area contributed by atoms with Gasteiger partial charge in [-0.15, -0.1) is 0 Å². The van der Waals surface area contributed by atoms with E-state index in [1.165, 1.54) is 12.7 Å². The van der Waals surface area contributed by atoms with Gasteiger partial charge in [-0.1, -0.05) is 6.07 Å². The highest BCUT2D eigenvalue weighted by Gasteiger charge is 2.22. The van der Waals surface area contributed by atoms with Crippen molar-refractivity contribution in [1.29, 1.82) is 0 Å². The maximum absolute atomic E-state index is 11.9. The van der Waals surface area contributed by atoms with Crippen molar-refractivity contribution < 1.29 is 19.1 Å². The Hall–Kier alpha value is -2.63. The summed E-state index contributed by atoms with van der Waals surface area (Å²) in [4.78, 5) is 26.8. The molecule has 0 aliphatic heterocycles. The molecular weight excluding hydrogens is 284 g/mol. The minimum Gasteiger partial charge on any atom is -0.478 e. The fourth-order valence-electron chi connectivity index (χ4n) is 2.87. The van der Waals surface area contributed by atoms with Crippen molar-refractivity contribution in [2.45, 2.75) is 25.2 Å². The maximum atomic E-state index is 11.9. The van der Waals surface area contributed by atoms with Crippen LogP contribution in [-0.2, 0) is 6.42 Å². The summed E-state index contributed by atoms with van der Waals surface area (Å²) in [5, 5.41) is 12.0. The standard InChI is InChI=1S/C16H16N2O4/c19-15(14-8-22-9-18-14)17-7-12-3-1-2-10-4-5-11(16(20)21)6-13(10)12/h4-6,8-9,12H,1-3,7H2,(H,17,19)(H,20,21). The van der Waals surface area contributed by atoms with Crippen LogP contribution in [0.4, 0.5) is 0 Å². The monoisotopic (exact) mass is 300 g/mol. The SMILES string of the molecule is O=C(O)c1ccc2c(c1)C(CNC(=O)c1cocn1)CCC2. The minimum atomic E-state index is -0.932. The zero-order valence-corrected chi connectivity index (χ0v) is 11.9. The summed E-state index contributed by atoms with van der Waals surface area (Å²) in [6.45, 7) is 0.460. The highest BCUT2D eigenvalue weighted by molar-refractivity contribution is 5.91. The van der Waals surface area contributed by atoms with Crippen LogP contribution in [0.15, 0.2) is 35.3 Å². The maximum Gasteiger partial charge on any atom is 0.335 e. The van der Waals surface area contributed by atoms with Gasteiger partial charge in [0.15, 0.2) is 12.1 Å². The van der Waals surface area contributed by atoms with Crippen LogP contribution in [0.25, 0.3) is 0 Å². The van der Waals surface area contributed by atoms with E-state index in [1.54, 1.807) is 12.1 Å². The molecule has 6 heteroatoms. The van der Waals surface area contributed by atoms with E-state index in [1.807, 2.05) is 6.07 Å². The summed E-state index contributed by atoms with van der Waals surface area (Å²) in [5.41, 5.74) is 2.72. The number of aromatic carboxylic acids is 1. The average Bonchev–Trinajstić information content (AvgIpc) is 3.06. The molecule has 22 heavy (non-hydrogen) atoms. The van der Waals surface area contributed by atoms with Gasteiger partial charge in [0.1, 0.15) is 6.26 Å². The molecule has 1 aromatic carbocycles. The third-order valence-electron chi connectivity index (χ3n) is 4.01. The van der Waals surface area contributed by atoms with Crippen molar-refractivity contribution in [3.05, 3.63) is 53.2 Å². The number of benzene rings is 1. The first-order chi connectivity index (χ1) is 10.6. The van der Waals surface area contributed by atoms with Crippen LogP contribution < -0.4 is 5.32 Å². The molecule has 0 fully saturated rings. The van der Waals surface area contributed by atoms with Gasteiger partial charge in [0.05, 0.1) is 5.56 Å². The molecule has 3 rings (SSSR count). The van der Waals surface area contributed by atoms with E-state index in [9.17, 15) is 9.59 Å². The number of aryl methyl sites for hydroxylation is 1. The molecule has 6 nitrogen and oxygen atoms in total. The van der Waals surface area contributed by atoms with E-state index in [-0.39, 0.29) is 23.1 Å². The van der Waals surface area contributed by atoms with Crippen molar-refractivity contribution in [2.24, 2.45) is 0 Å². The first kappa shape index (κ1) is 14.3. The Kier molecular flexibility index (Phi) is 3.91. The first-order valence-corrected chi connectivity index (χ1v) is 7.17. The van der Waals surface area contributed by atoms with Gasteiger partial charge < -0.3 is 14.8 Å².